The van der Waals surface area contributed by atoms with Crippen molar-refractivity contribution in [1.82, 2.24) is 10.2 Å². The van der Waals surface area contributed by atoms with Gasteiger partial charge in [-0.25, -0.2) is 4.39 Å². The second kappa shape index (κ2) is 6.34. The van der Waals surface area contributed by atoms with Crippen molar-refractivity contribution in [3.8, 4) is 0 Å². The summed E-state index contributed by atoms with van der Waals surface area (Å²) in [5.41, 5.74) is 1.97. The Bertz CT molecular complexity index is 1160. The number of hydrogen-bond acceptors (Lipinski definition) is 6. The maximum atomic E-state index is 13.6. The van der Waals surface area contributed by atoms with Gasteiger partial charge >= 0.3 is 0 Å². The minimum absolute atomic E-state index is 0.111. The van der Waals surface area contributed by atoms with E-state index < -0.39 is 16.8 Å². The smallest absolute Gasteiger partial charge is 0.254 e. The predicted octanol–water partition coefficient (Wildman–Crippen LogP) is 3.35. The Balaban J connectivity index is 1.30. The molecule has 7 nitrogen and oxygen atoms in total. The number of nitrogens with one attached hydrogen (secondary N) is 1. The number of azo groups is 1. The zero-order valence-corrected chi connectivity index (χ0v) is 18.2. The molecular weight excluding hydrogens is 411 g/mol. The summed E-state index contributed by atoms with van der Waals surface area (Å²) in [4.78, 5) is 27.9. The molecule has 0 saturated carbocycles. The number of halogens is 1. The highest BCUT2D eigenvalue weighted by molar-refractivity contribution is 6.00. The van der Waals surface area contributed by atoms with Gasteiger partial charge in [0.2, 0.25) is 0 Å². The van der Waals surface area contributed by atoms with E-state index in [9.17, 15) is 14.0 Å². The highest BCUT2D eigenvalue weighted by atomic mass is 19.1. The number of fused-ring (bicyclic) bond motifs is 2. The summed E-state index contributed by atoms with van der Waals surface area (Å²) in [6.07, 6.45) is 1.91. The number of ether oxygens (including phenoxy) is 1. The number of ketones is 1. The lowest BCUT2D eigenvalue weighted by atomic mass is 9.61. The van der Waals surface area contributed by atoms with Crippen molar-refractivity contribution < 1.29 is 18.7 Å². The van der Waals surface area contributed by atoms with E-state index in [-0.39, 0.29) is 17.1 Å². The Morgan fingerprint density at radius 1 is 1.25 bits per heavy atom. The van der Waals surface area contributed by atoms with E-state index in [0.717, 1.165) is 29.1 Å². The Morgan fingerprint density at radius 3 is 2.84 bits per heavy atom. The third kappa shape index (κ3) is 2.75. The van der Waals surface area contributed by atoms with E-state index in [1.807, 2.05) is 0 Å². The van der Waals surface area contributed by atoms with Crippen LogP contribution in [0.1, 0.15) is 43.5 Å². The number of allylic oxidation sites excluding steroid dienone is 1. The molecule has 1 atom stereocenters. The first-order valence-corrected chi connectivity index (χ1v) is 11.0. The minimum atomic E-state index is -0.541. The molecule has 5 aliphatic rings. The van der Waals surface area contributed by atoms with Crippen LogP contribution in [0.15, 0.2) is 57.2 Å². The molecule has 32 heavy (non-hydrogen) atoms. The van der Waals surface area contributed by atoms with E-state index in [1.54, 1.807) is 17.0 Å². The van der Waals surface area contributed by atoms with Gasteiger partial charge in [-0.2, -0.15) is 5.11 Å². The highest BCUT2D eigenvalue weighted by Gasteiger charge is 2.63. The molecule has 1 N–H and O–H groups in total. The standard InChI is InChI=1S/C24H25FN4O3/c1-22(2)7-17-19(18(30)8-22)24(16-9-26-28-20(16)27-17)10-23(32-13-24)11-29(12-23)21(31)14-4-3-5-15(25)6-14/h3-6,27H,7-13H2,1-2H3. The molecule has 4 aliphatic heterocycles. The number of carbonyl (C=O) groups is 2. The van der Waals surface area contributed by atoms with Gasteiger partial charge in [0.15, 0.2) is 11.6 Å². The second-order valence-electron chi connectivity index (χ2n) is 10.5. The van der Waals surface area contributed by atoms with Crippen molar-refractivity contribution in [2.45, 2.75) is 38.7 Å². The number of Topliss-reactive ketones (excluding diaryl/α,β-unsaturated/α-hetero) is 1. The van der Waals surface area contributed by atoms with Crippen LogP contribution in [-0.2, 0) is 9.53 Å². The lowest BCUT2D eigenvalue weighted by Gasteiger charge is -2.48. The predicted molar refractivity (Wildman–Crippen MR) is 113 cm³/mol. The van der Waals surface area contributed by atoms with Crippen LogP contribution in [0.25, 0.3) is 0 Å². The average molecular weight is 436 g/mol. The van der Waals surface area contributed by atoms with Gasteiger partial charge in [0.05, 0.1) is 31.7 Å². The van der Waals surface area contributed by atoms with Crippen molar-refractivity contribution in [2.75, 3.05) is 26.2 Å². The van der Waals surface area contributed by atoms with Gasteiger partial charge in [-0.15, -0.1) is 5.11 Å². The first-order chi connectivity index (χ1) is 15.2. The first kappa shape index (κ1) is 19.8. The van der Waals surface area contributed by atoms with Crippen molar-refractivity contribution >= 4 is 11.7 Å². The maximum Gasteiger partial charge on any atom is 0.254 e. The number of nitrogens with zero attached hydrogens (tertiary/aromatic N) is 3. The van der Waals surface area contributed by atoms with Gasteiger partial charge < -0.3 is 15.0 Å². The molecule has 8 heteroatoms. The lowest BCUT2D eigenvalue weighted by molar-refractivity contribution is -0.119. The fourth-order valence-corrected chi connectivity index (χ4v) is 6.15. The van der Waals surface area contributed by atoms with Crippen LogP contribution in [-0.4, -0.2) is 48.4 Å². The summed E-state index contributed by atoms with van der Waals surface area (Å²) < 4.78 is 19.9. The van der Waals surface area contributed by atoms with Crippen LogP contribution < -0.4 is 5.32 Å². The van der Waals surface area contributed by atoms with Crippen LogP contribution in [0.2, 0.25) is 0 Å². The quantitative estimate of drug-likeness (QED) is 0.732. The van der Waals surface area contributed by atoms with E-state index >= 15 is 0 Å². The van der Waals surface area contributed by atoms with Gasteiger partial charge in [-0.1, -0.05) is 19.9 Å². The minimum Gasteiger partial charge on any atom is -0.370 e. The van der Waals surface area contributed by atoms with Gasteiger partial charge in [0.25, 0.3) is 5.91 Å². The molecule has 0 aromatic heterocycles. The number of amides is 1. The summed E-state index contributed by atoms with van der Waals surface area (Å²) in [6, 6.07) is 5.75. The third-order valence-electron chi connectivity index (χ3n) is 7.45. The molecule has 1 aromatic rings. The topological polar surface area (TPSA) is 83.4 Å². The average Bonchev–Trinajstić information content (AvgIpc) is 3.31. The van der Waals surface area contributed by atoms with Crippen LogP contribution in [0.3, 0.4) is 0 Å². The van der Waals surface area contributed by atoms with Gasteiger partial charge in [0.1, 0.15) is 11.4 Å². The first-order valence-electron chi connectivity index (χ1n) is 11.0. The normalized spacial score (nSPS) is 29.3. The molecule has 4 heterocycles. The Kier molecular flexibility index (Phi) is 3.92. The molecule has 1 unspecified atom stereocenters. The molecule has 166 valence electrons. The van der Waals surface area contributed by atoms with Crippen LogP contribution in [0.4, 0.5) is 4.39 Å². The molecular formula is C24H25FN4O3. The molecule has 0 radical (unpaired) electrons. The SMILES string of the molecule is CC1(C)CC(=O)C2=C(C1)NC1=C(CN=N1)C21COC2(CN(C(=O)c3cccc(F)c3)C2)C1. The van der Waals surface area contributed by atoms with Crippen LogP contribution >= 0.6 is 0 Å². The Labute approximate surface area is 185 Å². The van der Waals surface area contributed by atoms with E-state index in [0.29, 0.717) is 44.6 Å². The second-order valence-corrected chi connectivity index (χ2v) is 10.5. The number of carbonyl (C=O) groups excluding carboxylic acids is 2. The summed E-state index contributed by atoms with van der Waals surface area (Å²) in [6.45, 7) is 5.93. The van der Waals surface area contributed by atoms with E-state index in [1.165, 1.54) is 12.1 Å². The molecule has 6 rings (SSSR count). The largest absolute Gasteiger partial charge is 0.370 e. The molecule has 1 aromatic carbocycles. The maximum absolute atomic E-state index is 13.6. The summed E-state index contributed by atoms with van der Waals surface area (Å²) in [7, 11) is 0. The fraction of sp³-hybridized carbons (Fsp3) is 0.500. The van der Waals surface area contributed by atoms with Crippen molar-refractivity contribution in [3.63, 3.8) is 0 Å². The van der Waals surface area contributed by atoms with Crippen molar-refractivity contribution in [1.29, 1.82) is 0 Å². The molecule has 1 amide bonds. The van der Waals surface area contributed by atoms with Crippen LogP contribution in [0, 0.1) is 16.6 Å². The van der Waals surface area contributed by atoms with Gasteiger partial charge in [-0.3, -0.25) is 9.59 Å². The highest BCUT2D eigenvalue weighted by Crippen LogP contribution is 2.58. The third-order valence-corrected chi connectivity index (χ3v) is 7.45. The summed E-state index contributed by atoms with van der Waals surface area (Å²) in [5.74, 6) is 0.284. The van der Waals surface area contributed by atoms with Crippen molar-refractivity contribution in [2.24, 2.45) is 21.1 Å². The Morgan fingerprint density at radius 2 is 2.06 bits per heavy atom. The van der Waals surface area contributed by atoms with Crippen LogP contribution in [0.5, 0.6) is 0 Å². The Hall–Kier alpha value is -2.87. The van der Waals surface area contributed by atoms with Crippen molar-refractivity contribution in [3.05, 3.63) is 58.3 Å². The molecule has 2 spiro atoms. The van der Waals surface area contributed by atoms with Gasteiger partial charge in [-0.05, 0) is 36.5 Å². The van der Waals surface area contributed by atoms with E-state index in [4.69, 9.17) is 4.74 Å². The number of hydrogen-bond donors (Lipinski definition) is 1. The number of likely N-dealkylation sites (tertiary alicyclic amines) is 1. The molecule has 2 fully saturated rings. The zero-order valence-electron chi connectivity index (χ0n) is 18.2. The van der Waals surface area contributed by atoms with E-state index in [2.05, 4.69) is 29.4 Å². The number of dihydropyridines is 1. The molecule has 1 aliphatic carbocycles. The monoisotopic (exact) mass is 436 g/mol. The summed E-state index contributed by atoms with van der Waals surface area (Å²) in [5, 5.41) is 12.0. The fourth-order valence-electron chi connectivity index (χ4n) is 6.15. The summed E-state index contributed by atoms with van der Waals surface area (Å²) >= 11 is 0. The molecule has 2 saturated heterocycles. The lowest BCUT2D eigenvalue weighted by Crippen LogP contribution is -2.63. The molecule has 0 bridgehead atoms. The number of rotatable bonds is 1. The van der Waals surface area contributed by atoms with Gasteiger partial charge in [0, 0.05) is 28.8 Å². The zero-order chi connectivity index (χ0) is 22.3. The number of benzene rings is 1.